The highest BCUT2D eigenvalue weighted by Gasteiger charge is 2.26. The molecule has 2 aromatic carbocycles. The number of sulfonamides is 1. The number of nitrogens with zero attached hydrogens (tertiary/aromatic N) is 3. The predicted octanol–water partition coefficient (Wildman–Crippen LogP) is 3.45. The first-order valence-electron chi connectivity index (χ1n) is 10.4. The van der Waals surface area contributed by atoms with Crippen molar-refractivity contribution in [2.24, 2.45) is 0 Å². The summed E-state index contributed by atoms with van der Waals surface area (Å²) < 4.78 is 33.1. The minimum Gasteiger partial charge on any atom is -0.379 e. The van der Waals surface area contributed by atoms with Crippen LogP contribution >= 0.6 is 23.1 Å². The van der Waals surface area contributed by atoms with Crippen molar-refractivity contribution in [1.82, 2.24) is 14.5 Å². The number of ketones is 1. The third-order valence-electron chi connectivity index (χ3n) is 5.05. The number of hydrogen-bond acceptors (Lipinski definition) is 9. The van der Waals surface area contributed by atoms with Gasteiger partial charge in [0, 0.05) is 24.4 Å². The Hall–Kier alpha value is -2.31. The smallest absolute Gasteiger partial charge is 0.243 e. The summed E-state index contributed by atoms with van der Waals surface area (Å²) in [6.45, 7) is 3.41. The maximum atomic E-state index is 12.8. The zero-order chi connectivity index (χ0) is 23.3. The van der Waals surface area contributed by atoms with Gasteiger partial charge in [-0.1, -0.05) is 65.1 Å². The van der Waals surface area contributed by atoms with Crippen LogP contribution in [0.4, 0.5) is 5.13 Å². The lowest BCUT2D eigenvalue weighted by Gasteiger charge is -2.26. The summed E-state index contributed by atoms with van der Waals surface area (Å²) in [6, 6.07) is 14.5. The van der Waals surface area contributed by atoms with Gasteiger partial charge in [0.25, 0.3) is 0 Å². The lowest BCUT2D eigenvalue weighted by atomic mass is 10.1. The van der Waals surface area contributed by atoms with E-state index >= 15 is 0 Å². The molecule has 0 unspecified atom stereocenters. The molecule has 0 radical (unpaired) electrons. The van der Waals surface area contributed by atoms with Gasteiger partial charge in [0.2, 0.25) is 15.2 Å². The molecule has 1 aliphatic rings. The molecule has 8 nitrogen and oxygen atoms in total. The highest BCUT2D eigenvalue weighted by atomic mass is 32.2. The van der Waals surface area contributed by atoms with Crippen molar-refractivity contribution < 1.29 is 17.9 Å². The van der Waals surface area contributed by atoms with Crippen molar-refractivity contribution in [1.29, 1.82) is 0 Å². The van der Waals surface area contributed by atoms with Crippen LogP contribution in [0, 0.1) is 6.92 Å². The quantitative estimate of drug-likeness (QED) is 0.349. The molecule has 1 N–H and O–H groups in total. The van der Waals surface area contributed by atoms with Gasteiger partial charge in [-0.05, 0) is 24.6 Å². The summed E-state index contributed by atoms with van der Waals surface area (Å²) in [6.07, 6.45) is 0. The van der Waals surface area contributed by atoms with Crippen LogP contribution < -0.4 is 5.32 Å². The fourth-order valence-electron chi connectivity index (χ4n) is 3.19. The average Bonchev–Trinajstić information content (AvgIpc) is 3.30. The summed E-state index contributed by atoms with van der Waals surface area (Å²) >= 11 is 2.97. The molecule has 3 aromatic rings. The Bertz CT molecular complexity index is 1210. The number of ether oxygens (including phenoxy) is 1. The van der Waals surface area contributed by atoms with Crippen molar-refractivity contribution in [3.63, 3.8) is 0 Å². The van der Waals surface area contributed by atoms with E-state index < -0.39 is 10.0 Å². The lowest BCUT2D eigenvalue weighted by molar-refractivity contribution is 0.0730. The Labute approximate surface area is 201 Å². The van der Waals surface area contributed by atoms with Crippen molar-refractivity contribution in [2.45, 2.75) is 21.9 Å². The second kappa shape index (κ2) is 10.7. The highest BCUT2D eigenvalue weighted by Crippen LogP contribution is 2.28. The molecule has 1 saturated heterocycles. The minimum atomic E-state index is -3.66. The minimum absolute atomic E-state index is 0.00167. The van der Waals surface area contributed by atoms with Crippen molar-refractivity contribution >= 4 is 44.0 Å². The van der Waals surface area contributed by atoms with Gasteiger partial charge in [-0.15, -0.1) is 10.2 Å². The average molecular weight is 505 g/mol. The van der Waals surface area contributed by atoms with Crippen LogP contribution in [0.15, 0.2) is 57.8 Å². The van der Waals surface area contributed by atoms with Gasteiger partial charge in [-0.3, -0.25) is 4.79 Å². The summed E-state index contributed by atoms with van der Waals surface area (Å²) in [4.78, 5) is 12.8. The molecule has 0 spiro atoms. The normalized spacial score (nSPS) is 14.8. The molecule has 11 heteroatoms. The van der Waals surface area contributed by atoms with E-state index in [-0.39, 0.29) is 17.2 Å². The number of rotatable bonds is 9. The molecule has 0 amide bonds. The van der Waals surface area contributed by atoms with E-state index in [4.69, 9.17) is 4.74 Å². The molecule has 1 aliphatic heterocycles. The first-order valence-corrected chi connectivity index (χ1v) is 13.6. The molecule has 2 heterocycles. The maximum absolute atomic E-state index is 12.8. The van der Waals surface area contributed by atoms with Crippen LogP contribution in [0.25, 0.3) is 0 Å². The van der Waals surface area contributed by atoms with E-state index in [0.29, 0.717) is 37.0 Å². The third kappa shape index (κ3) is 6.18. The Morgan fingerprint density at radius 2 is 1.91 bits per heavy atom. The van der Waals surface area contributed by atoms with Crippen LogP contribution in [0.3, 0.4) is 0 Å². The summed E-state index contributed by atoms with van der Waals surface area (Å²) in [5, 5.41) is 11.8. The van der Waals surface area contributed by atoms with Gasteiger partial charge >= 0.3 is 0 Å². The Kier molecular flexibility index (Phi) is 7.76. The summed E-state index contributed by atoms with van der Waals surface area (Å²) in [5.74, 6) is 0.566. The van der Waals surface area contributed by atoms with E-state index in [1.54, 1.807) is 23.9 Å². The van der Waals surface area contributed by atoms with Gasteiger partial charge in [0.1, 0.15) is 0 Å². The number of benzene rings is 2. The Morgan fingerprint density at radius 1 is 1.15 bits per heavy atom. The molecule has 1 fully saturated rings. The molecule has 0 atom stereocenters. The van der Waals surface area contributed by atoms with Crippen molar-refractivity contribution in [3.05, 3.63) is 65.2 Å². The van der Waals surface area contributed by atoms with E-state index in [1.807, 2.05) is 0 Å². The molecule has 1 aromatic heterocycles. The molecule has 0 aliphatic carbocycles. The number of carbonyl (C=O) groups excluding carboxylic acids is 1. The maximum Gasteiger partial charge on any atom is 0.243 e. The summed E-state index contributed by atoms with van der Waals surface area (Å²) in [7, 11) is -3.66. The second-order valence-corrected chi connectivity index (χ2v) is 11.6. The van der Waals surface area contributed by atoms with Gasteiger partial charge in [-0.2, -0.15) is 4.31 Å². The van der Waals surface area contributed by atoms with E-state index in [1.165, 1.54) is 38.9 Å². The number of aryl methyl sites for hydroxylation is 1. The third-order valence-corrected chi connectivity index (χ3v) is 9.03. The first-order chi connectivity index (χ1) is 15.9. The van der Waals surface area contributed by atoms with E-state index in [2.05, 4.69) is 46.7 Å². The monoisotopic (exact) mass is 504 g/mol. The number of thioether (sulfide) groups is 1. The topological polar surface area (TPSA) is 101 Å². The number of anilines is 1. The largest absolute Gasteiger partial charge is 0.379 e. The number of morpholine rings is 1. The van der Waals surface area contributed by atoms with Gasteiger partial charge < -0.3 is 10.1 Å². The number of Topliss-reactive ketones (excluding diaryl/α,β-unsaturated/α-hetero) is 1. The first kappa shape index (κ1) is 23.8. The molecular weight excluding hydrogens is 480 g/mol. The molecule has 33 heavy (non-hydrogen) atoms. The van der Waals surface area contributed by atoms with Crippen LogP contribution in [-0.4, -0.2) is 61.6 Å². The lowest BCUT2D eigenvalue weighted by Crippen LogP contribution is -2.40. The van der Waals surface area contributed by atoms with Crippen LogP contribution in [-0.2, 0) is 20.5 Å². The fraction of sp³-hybridized carbons (Fsp3) is 0.318. The Morgan fingerprint density at radius 3 is 2.67 bits per heavy atom. The molecule has 4 rings (SSSR count). The molecule has 174 valence electrons. The van der Waals surface area contributed by atoms with Gasteiger partial charge in [0.05, 0.1) is 24.7 Å². The van der Waals surface area contributed by atoms with E-state index in [0.717, 1.165) is 10.1 Å². The standard InChI is InChI=1S/C22H24N4O4S3/c1-16-5-7-17(8-6-16)15-31-22-25-24-21(32-22)23-14-20(27)18-3-2-4-19(13-18)33(28,29)26-9-11-30-12-10-26/h2-8,13H,9-12,14-15H2,1H3,(H,23,24). The number of carbonyl (C=O) groups is 1. The van der Waals surface area contributed by atoms with Gasteiger partial charge in [-0.25, -0.2) is 8.42 Å². The number of nitrogens with one attached hydrogen (secondary N) is 1. The van der Waals surface area contributed by atoms with E-state index in [9.17, 15) is 13.2 Å². The zero-order valence-electron chi connectivity index (χ0n) is 18.1. The Balaban J connectivity index is 1.33. The van der Waals surface area contributed by atoms with Crippen LogP contribution in [0.1, 0.15) is 21.5 Å². The molecule has 0 saturated carbocycles. The van der Waals surface area contributed by atoms with Gasteiger partial charge in [0.15, 0.2) is 10.1 Å². The van der Waals surface area contributed by atoms with Crippen molar-refractivity contribution in [2.75, 3.05) is 38.2 Å². The van der Waals surface area contributed by atoms with Crippen LogP contribution in [0.2, 0.25) is 0 Å². The zero-order valence-corrected chi connectivity index (χ0v) is 20.5. The molecular formula is C22H24N4O4S3. The highest BCUT2D eigenvalue weighted by molar-refractivity contribution is 8.00. The van der Waals surface area contributed by atoms with Crippen molar-refractivity contribution in [3.8, 4) is 0 Å². The van der Waals surface area contributed by atoms with Crippen LogP contribution in [0.5, 0.6) is 0 Å². The fourth-order valence-corrected chi connectivity index (χ4v) is 6.35. The summed E-state index contributed by atoms with van der Waals surface area (Å²) in [5.41, 5.74) is 2.76. The second-order valence-electron chi connectivity index (χ2n) is 7.47. The SMILES string of the molecule is Cc1ccc(CSc2nnc(NCC(=O)c3cccc(S(=O)(=O)N4CCOCC4)c3)s2)cc1. The molecule has 0 bridgehead atoms. The number of hydrogen-bond donors (Lipinski definition) is 1. The number of aromatic nitrogens is 2. The predicted molar refractivity (Wildman–Crippen MR) is 129 cm³/mol.